The Balaban J connectivity index is 2.14. The Morgan fingerprint density at radius 2 is 1.96 bits per heavy atom. The Kier molecular flexibility index (Phi) is 7.50. The number of hydrogen-bond acceptors (Lipinski definition) is 6. The molecule has 0 aliphatic heterocycles. The molecular formula is C19H28N4O2S. The van der Waals surface area contributed by atoms with Crippen molar-refractivity contribution >= 4 is 23.5 Å². The maximum Gasteiger partial charge on any atom is 0.286 e. The highest BCUT2D eigenvalue weighted by molar-refractivity contribution is 7.98. The molecule has 0 atom stereocenters. The van der Waals surface area contributed by atoms with Gasteiger partial charge in [-0.2, -0.15) is 0 Å². The molecule has 1 N–H and O–H groups in total. The van der Waals surface area contributed by atoms with E-state index in [-0.39, 0.29) is 5.91 Å². The number of carbonyl (C=O) groups excluding carboxylic acids is 1. The fourth-order valence-corrected chi connectivity index (χ4v) is 3.22. The van der Waals surface area contributed by atoms with Gasteiger partial charge in [0, 0.05) is 31.4 Å². The van der Waals surface area contributed by atoms with Gasteiger partial charge in [0.05, 0.1) is 5.75 Å². The first-order valence-electron chi connectivity index (χ1n) is 9.12. The Morgan fingerprint density at radius 3 is 2.58 bits per heavy atom. The number of amides is 1. The summed E-state index contributed by atoms with van der Waals surface area (Å²) in [5, 5.41) is 3.46. The quantitative estimate of drug-likeness (QED) is 0.525. The van der Waals surface area contributed by atoms with Crippen molar-refractivity contribution in [1.82, 2.24) is 15.3 Å². The van der Waals surface area contributed by atoms with E-state index < -0.39 is 0 Å². The number of nitrogens with zero attached hydrogens (tertiary/aromatic N) is 3. The van der Waals surface area contributed by atoms with Crippen molar-refractivity contribution in [1.29, 1.82) is 0 Å². The zero-order chi connectivity index (χ0) is 19.1. The lowest BCUT2D eigenvalue weighted by Crippen LogP contribution is -2.23. The van der Waals surface area contributed by atoms with E-state index in [4.69, 9.17) is 9.40 Å². The van der Waals surface area contributed by atoms with Gasteiger partial charge in [-0.25, -0.2) is 9.97 Å². The number of anilines is 1. The van der Waals surface area contributed by atoms with E-state index in [0.29, 0.717) is 24.0 Å². The fourth-order valence-electron chi connectivity index (χ4n) is 2.46. The maximum atomic E-state index is 11.8. The highest BCUT2D eigenvalue weighted by Gasteiger charge is 2.14. The normalized spacial score (nSPS) is 11.0. The molecular weight excluding hydrogens is 348 g/mol. The van der Waals surface area contributed by atoms with Crippen LogP contribution in [0.1, 0.15) is 62.5 Å². The van der Waals surface area contributed by atoms with Crippen LogP contribution in [0.3, 0.4) is 0 Å². The number of nitrogens with one attached hydrogen (secondary N) is 1. The van der Waals surface area contributed by atoms with E-state index in [1.165, 1.54) is 11.8 Å². The van der Waals surface area contributed by atoms with Crippen LogP contribution in [0.5, 0.6) is 0 Å². The third kappa shape index (κ3) is 5.24. The van der Waals surface area contributed by atoms with Crippen molar-refractivity contribution in [3.63, 3.8) is 0 Å². The smallest absolute Gasteiger partial charge is 0.286 e. The van der Waals surface area contributed by atoms with Crippen molar-refractivity contribution in [3.05, 3.63) is 35.4 Å². The first kappa shape index (κ1) is 20.3. The average Bonchev–Trinajstić information content (AvgIpc) is 3.10. The molecule has 2 rings (SSSR count). The topological polar surface area (TPSA) is 71.3 Å². The summed E-state index contributed by atoms with van der Waals surface area (Å²) < 4.78 is 5.62. The highest BCUT2D eigenvalue weighted by atomic mass is 32.2. The SMILES string of the molecule is CCNC(=O)c1ccc(CSc2nc(C(C)C)cc(N(CC)CC)n2)o1. The van der Waals surface area contributed by atoms with Gasteiger partial charge < -0.3 is 14.6 Å². The molecule has 1 amide bonds. The van der Waals surface area contributed by atoms with Crippen LogP contribution in [0.15, 0.2) is 27.8 Å². The zero-order valence-electron chi connectivity index (χ0n) is 16.2. The van der Waals surface area contributed by atoms with Gasteiger partial charge in [0.1, 0.15) is 11.6 Å². The maximum absolute atomic E-state index is 11.8. The summed E-state index contributed by atoms with van der Waals surface area (Å²) in [5.74, 6) is 2.75. The lowest BCUT2D eigenvalue weighted by Gasteiger charge is -2.21. The molecule has 26 heavy (non-hydrogen) atoms. The minimum atomic E-state index is -0.189. The van der Waals surface area contributed by atoms with Crippen LogP contribution in [0.4, 0.5) is 5.82 Å². The number of thioether (sulfide) groups is 1. The summed E-state index contributed by atoms with van der Waals surface area (Å²) in [5.41, 5.74) is 1.03. The van der Waals surface area contributed by atoms with Gasteiger partial charge in [-0.05, 0) is 38.8 Å². The third-order valence-electron chi connectivity index (χ3n) is 3.96. The molecule has 7 heteroatoms. The molecule has 142 valence electrons. The summed E-state index contributed by atoms with van der Waals surface area (Å²) >= 11 is 1.52. The number of furan rings is 1. The minimum absolute atomic E-state index is 0.189. The molecule has 0 spiro atoms. The average molecular weight is 377 g/mol. The number of aromatic nitrogens is 2. The van der Waals surface area contributed by atoms with Gasteiger partial charge in [-0.3, -0.25) is 4.79 Å². The Bertz CT molecular complexity index is 726. The molecule has 0 saturated carbocycles. The van der Waals surface area contributed by atoms with Crippen molar-refractivity contribution in [2.75, 3.05) is 24.5 Å². The van der Waals surface area contributed by atoms with Crippen LogP contribution in [0.2, 0.25) is 0 Å². The Labute approximate surface area is 159 Å². The second kappa shape index (κ2) is 9.62. The molecule has 0 aliphatic carbocycles. The van der Waals surface area contributed by atoms with Crippen LogP contribution in [0.25, 0.3) is 0 Å². The summed E-state index contributed by atoms with van der Waals surface area (Å²) in [6, 6.07) is 5.60. The van der Waals surface area contributed by atoms with Gasteiger partial charge >= 0.3 is 0 Å². The van der Waals surface area contributed by atoms with E-state index in [9.17, 15) is 4.79 Å². The molecule has 6 nitrogen and oxygen atoms in total. The third-order valence-corrected chi connectivity index (χ3v) is 4.83. The fraction of sp³-hybridized carbons (Fsp3) is 0.526. The van der Waals surface area contributed by atoms with Crippen molar-refractivity contribution in [2.45, 2.75) is 51.4 Å². The highest BCUT2D eigenvalue weighted by Crippen LogP contribution is 2.26. The van der Waals surface area contributed by atoms with Crippen molar-refractivity contribution < 1.29 is 9.21 Å². The molecule has 0 aromatic carbocycles. The largest absolute Gasteiger partial charge is 0.455 e. The van der Waals surface area contributed by atoms with Crippen LogP contribution in [-0.4, -0.2) is 35.5 Å². The van der Waals surface area contributed by atoms with E-state index in [2.05, 4.69) is 49.0 Å². The summed E-state index contributed by atoms with van der Waals surface area (Å²) in [6.45, 7) is 12.8. The van der Waals surface area contributed by atoms with Crippen molar-refractivity contribution in [2.24, 2.45) is 0 Å². The molecule has 0 saturated heterocycles. The molecule has 0 aliphatic rings. The lowest BCUT2D eigenvalue weighted by molar-refractivity contribution is 0.0927. The Morgan fingerprint density at radius 1 is 1.23 bits per heavy atom. The first-order chi connectivity index (χ1) is 12.5. The predicted molar refractivity (Wildman–Crippen MR) is 106 cm³/mol. The van der Waals surface area contributed by atoms with E-state index in [1.54, 1.807) is 6.07 Å². The summed E-state index contributed by atoms with van der Waals surface area (Å²) in [7, 11) is 0. The second-order valence-electron chi connectivity index (χ2n) is 6.17. The van der Waals surface area contributed by atoms with Crippen molar-refractivity contribution in [3.8, 4) is 0 Å². The van der Waals surface area contributed by atoms with E-state index >= 15 is 0 Å². The van der Waals surface area contributed by atoms with E-state index in [0.717, 1.165) is 35.5 Å². The van der Waals surface area contributed by atoms with Crippen LogP contribution in [-0.2, 0) is 5.75 Å². The van der Waals surface area contributed by atoms with Crippen LogP contribution < -0.4 is 10.2 Å². The number of hydrogen-bond donors (Lipinski definition) is 1. The standard InChI is InChI=1S/C19H28N4O2S/c1-6-20-18(24)16-10-9-14(25-16)12-26-19-21-15(13(4)5)11-17(22-19)23(7-2)8-3/h9-11,13H,6-8,12H2,1-5H3,(H,20,24). The predicted octanol–water partition coefficient (Wildman–Crippen LogP) is 4.08. The molecule has 0 bridgehead atoms. The number of rotatable bonds is 9. The Hall–Kier alpha value is -2.02. The molecule has 2 heterocycles. The van der Waals surface area contributed by atoms with Crippen LogP contribution in [0, 0.1) is 0 Å². The first-order valence-corrected chi connectivity index (χ1v) is 10.1. The molecule has 2 aromatic heterocycles. The minimum Gasteiger partial charge on any atom is -0.455 e. The van der Waals surface area contributed by atoms with E-state index in [1.807, 2.05) is 13.0 Å². The molecule has 2 aromatic rings. The summed E-state index contributed by atoms with van der Waals surface area (Å²) in [4.78, 5) is 23.4. The van der Waals surface area contributed by atoms with Gasteiger partial charge in [-0.15, -0.1) is 0 Å². The van der Waals surface area contributed by atoms with Gasteiger partial charge in [0.2, 0.25) is 0 Å². The molecule has 0 unspecified atom stereocenters. The van der Waals surface area contributed by atoms with Gasteiger partial charge in [-0.1, -0.05) is 25.6 Å². The zero-order valence-corrected chi connectivity index (χ0v) is 17.0. The number of carbonyl (C=O) groups is 1. The van der Waals surface area contributed by atoms with Gasteiger partial charge in [0.25, 0.3) is 5.91 Å². The van der Waals surface area contributed by atoms with Crippen LogP contribution >= 0.6 is 11.8 Å². The molecule has 0 fully saturated rings. The molecule has 0 radical (unpaired) electrons. The summed E-state index contributed by atoms with van der Waals surface area (Å²) in [6.07, 6.45) is 0. The second-order valence-corrected chi connectivity index (χ2v) is 7.12. The lowest BCUT2D eigenvalue weighted by atomic mass is 10.1. The van der Waals surface area contributed by atoms with Gasteiger partial charge in [0.15, 0.2) is 10.9 Å². The monoisotopic (exact) mass is 376 g/mol.